The molecule has 5 nitrogen and oxygen atoms in total. The first-order chi connectivity index (χ1) is 10.4. The molecule has 0 aliphatic carbocycles. The molecule has 0 saturated heterocycles. The Morgan fingerprint density at radius 1 is 1.14 bits per heavy atom. The van der Waals surface area contributed by atoms with Crippen LogP contribution in [0.5, 0.6) is 0 Å². The van der Waals surface area contributed by atoms with E-state index in [1.807, 2.05) is 0 Å². The fraction of sp³-hybridized carbons (Fsp3) is 0.312. The Hall–Kier alpha value is -2.43. The van der Waals surface area contributed by atoms with Crippen molar-refractivity contribution in [3.8, 4) is 0 Å². The summed E-state index contributed by atoms with van der Waals surface area (Å²) in [6.07, 6.45) is 6.92. The molecule has 2 heterocycles. The van der Waals surface area contributed by atoms with E-state index < -0.39 is 0 Å². The Morgan fingerprint density at radius 2 is 2.00 bits per heavy atom. The number of anilines is 1. The Balaban J connectivity index is 1.71. The van der Waals surface area contributed by atoms with Crippen LogP contribution in [-0.2, 0) is 13.0 Å². The monoisotopic (exact) mass is 281 g/mol. The molecule has 1 aromatic carbocycles. The normalized spacial score (nSPS) is 10.9. The lowest BCUT2D eigenvalue weighted by atomic mass is 10.0. The molecule has 5 heteroatoms. The second kappa shape index (κ2) is 6.35. The van der Waals surface area contributed by atoms with Crippen LogP contribution < -0.4 is 5.32 Å². The number of benzene rings is 1. The fourth-order valence-electron chi connectivity index (χ4n) is 2.34. The Kier molecular flexibility index (Phi) is 4.09. The van der Waals surface area contributed by atoms with Crippen molar-refractivity contribution in [2.45, 2.75) is 32.7 Å². The van der Waals surface area contributed by atoms with Crippen molar-refractivity contribution in [3.05, 3.63) is 47.9 Å². The van der Waals surface area contributed by atoms with Gasteiger partial charge >= 0.3 is 0 Å². The van der Waals surface area contributed by atoms with E-state index >= 15 is 0 Å². The molecule has 0 aliphatic rings. The number of H-pyrrole nitrogens is 1. The highest BCUT2D eigenvalue weighted by Crippen LogP contribution is 2.14. The largest absolute Gasteiger partial charge is 0.350 e. The van der Waals surface area contributed by atoms with E-state index in [0.29, 0.717) is 11.6 Å². The third kappa shape index (κ3) is 3.18. The molecule has 0 unspecified atom stereocenters. The van der Waals surface area contributed by atoms with Gasteiger partial charge in [0.25, 0.3) is 0 Å². The van der Waals surface area contributed by atoms with Crippen molar-refractivity contribution < 1.29 is 0 Å². The smallest absolute Gasteiger partial charge is 0.225 e. The Morgan fingerprint density at radius 3 is 2.86 bits per heavy atom. The number of aromatic nitrogens is 4. The quantitative estimate of drug-likeness (QED) is 0.727. The minimum absolute atomic E-state index is 0.611. The second-order valence-corrected chi connectivity index (χ2v) is 5.06. The van der Waals surface area contributed by atoms with Crippen LogP contribution in [0.25, 0.3) is 11.2 Å². The molecular weight excluding hydrogens is 262 g/mol. The number of hydrogen-bond donors (Lipinski definition) is 2. The van der Waals surface area contributed by atoms with Crippen molar-refractivity contribution in [2.75, 3.05) is 5.32 Å². The third-order valence-electron chi connectivity index (χ3n) is 3.53. The topological polar surface area (TPSA) is 66.5 Å². The molecule has 3 rings (SSSR count). The van der Waals surface area contributed by atoms with E-state index in [2.05, 4.69) is 56.4 Å². The van der Waals surface area contributed by atoms with Crippen molar-refractivity contribution in [1.82, 2.24) is 19.9 Å². The van der Waals surface area contributed by atoms with Crippen LogP contribution in [0.3, 0.4) is 0 Å². The van der Waals surface area contributed by atoms with E-state index in [1.165, 1.54) is 24.0 Å². The van der Waals surface area contributed by atoms with Gasteiger partial charge in [-0.25, -0.2) is 9.97 Å². The van der Waals surface area contributed by atoms with Gasteiger partial charge in [-0.3, -0.25) is 0 Å². The summed E-state index contributed by atoms with van der Waals surface area (Å²) in [6, 6.07) is 8.53. The van der Waals surface area contributed by atoms with Gasteiger partial charge in [0, 0.05) is 6.54 Å². The average Bonchev–Trinajstić information content (AvgIpc) is 2.99. The molecular formula is C16H19N5. The number of aryl methyl sites for hydroxylation is 1. The molecule has 3 aromatic rings. The molecule has 0 aliphatic heterocycles. The van der Waals surface area contributed by atoms with Gasteiger partial charge in [0.2, 0.25) is 5.95 Å². The first-order valence-electron chi connectivity index (χ1n) is 7.33. The van der Waals surface area contributed by atoms with E-state index in [0.717, 1.165) is 18.5 Å². The highest BCUT2D eigenvalue weighted by molar-refractivity contribution is 5.69. The molecule has 108 valence electrons. The van der Waals surface area contributed by atoms with E-state index in [9.17, 15) is 0 Å². The van der Waals surface area contributed by atoms with Crippen LogP contribution in [-0.4, -0.2) is 19.9 Å². The zero-order chi connectivity index (χ0) is 14.5. The van der Waals surface area contributed by atoms with Crippen molar-refractivity contribution in [1.29, 1.82) is 0 Å². The lowest BCUT2D eigenvalue weighted by Gasteiger charge is -2.10. The maximum atomic E-state index is 4.38. The molecule has 0 fully saturated rings. The maximum absolute atomic E-state index is 4.38. The number of imidazole rings is 1. The van der Waals surface area contributed by atoms with E-state index in [4.69, 9.17) is 0 Å². The number of unbranched alkanes of at least 4 members (excludes halogenated alkanes) is 1. The predicted molar refractivity (Wildman–Crippen MR) is 84.1 cm³/mol. The number of rotatable bonds is 6. The summed E-state index contributed by atoms with van der Waals surface area (Å²) < 4.78 is 0. The molecule has 0 spiro atoms. The first-order valence-corrected chi connectivity index (χ1v) is 7.33. The molecule has 0 bridgehead atoms. The van der Waals surface area contributed by atoms with Crippen molar-refractivity contribution in [2.24, 2.45) is 0 Å². The van der Waals surface area contributed by atoms with Gasteiger partial charge in [0.05, 0.1) is 12.5 Å². The zero-order valence-corrected chi connectivity index (χ0v) is 12.1. The fourth-order valence-corrected chi connectivity index (χ4v) is 2.34. The average molecular weight is 281 g/mol. The summed E-state index contributed by atoms with van der Waals surface area (Å²) in [7, 11) is 0. The van der Waals surface area contributed by atoms with Gasteiger partial charge in [0.15, 0.2) is 5.65 Å². The summed E-state index contributed by atoms with van der Waals surface area (Å²) in [5.41, 5.74) is 4.24. The highest BCUT2D eigenvalue weighted by Gasteiger charge is 2.04. The third-order valence-corrected chi connectivity index (χ3v) is 3.53. The van der Waals surface area contributed by atoms with Gasteiger partial charge in [0.1, 0.15) is 5.52 Å². The molecule has 0 radical (unpaired) electrons. The molecule has 0 saturated carbocycles. The summed E-state index contributed by atoms with van der Waals surface area (Å²) in [6.45, 7) is 2.95. The Bertz CT molecular complexity index is 719. The lowest BCUT2D eigenvalue weighted by Crippen LogP contribution is -2.06. The lowest BCUT2D eigenvalue weighted by molar-refractivity contribution is 0.787. The number of aromatic amines is 1. The van der Waals surface area contributed by atoms with Gasteiger partial charge in [-0.1, -0.05) is 37.6 Å². The molecule has 2 aromatic heterocycles. The van der Waals surface area contributed by atoms with Crippen LogP contribution in [0, 0.1) is 0 Å². The molecule has 2 N–H and O–H groups in total. The molecule has 0 amide bonds. The van der Waals surface area contributed by atoms with Crippen LogP contribution in [0.4, 0.5) is 5.95 Å². The number of nitrogens with zero attached hydrogens (tertiary/aromatic N) is 3. The van der Waals surface area contributed by atoms with Crippen molar-refractivity contribution >= 4 is 17.1 Å². The van der Waals surface area contributed by atoms with Crippen LogP contribution in [0.15, 0.2) is 36.8 Å². The summed E-state index contributed by atoms with van der Waals surface area (Å²) in [5.74, 6) is 0.611. The van der Waals surface area contributed by atoms with Crippen LogP contribution in [0.1, 0.15) is 30.9 Å². The number of fused-ring (bicyclic) bond motifs is 1. The van der Waals surface area contributed by atoms with Crippen LogP contribution >= 0.6 is 0 Å². The molecule has 0 atom stereocenters. The number of hydrogen-bond acceptors (Lipinski definition) is 4. The van der Waals surface area contributed by atoms with Gasteiger partial charge in [-0.2, -0.15) is 4.98 Å². The maximum Gasteiger partial charge on any atom is 0.225 e. The van der Waals surface area contributed by atoms with Gasteiger partial charge in [-0.15, -0.1) is 0 Å². The standard InChI is InChI=1S/C16H19N5/c1-2-3-6-12-7-4-5-8-13(12)9-17-16-18-10-14-15(21-16)20-11-19-14/h4-5,7-8,10-11H,2-3,6,9H2,1H3,(H2,17,18,19,20,21). The van der Waals surface area contributed by atoms with Crippen LogP contribution in [0.2, 0.25) is 0 Å². The van der Waals surface area contributed by atoms with Gasteiger partial charge in [-0.05, 0) is 24.0 Å². The Labute approximate surface area is 123 Å². The SMILES string of the molecule is CCCCc1ccccc1CNc1ncc2[nH]cnc2n1. The zero-order valence-electron chi connectivity index (χ0n) is 12.1. The molecule has 21 heavy (non-hydrogen) atoms. The minimum Gasteiger partial charge on any atom is -0.350 e. The highest BCUT2D eigenvalue weighted by atomic mass is 15.1. The van der Waals surface area contributed by atoms with Crippen molar-refractivity contribution in [3.63, 3.8) is 0 Å². The number of nitrogens with one attached hydrogen (secondary N) is 2. The van der Waals surface area contributed by atoms with Gasteiger partial charge < -0.3 is 10.3 Å². The summed E-state index contributed by atoms with van der Waals surface area (Å²) in [4.78, 5) is 15.8. The minimum atomic E-state index is 0.611. The predicted octanol–water partition coefficient (Wildman–Crippen LogP) is 3.31. The second-order valence-electron chi connectivity index (χ2n) is 5.06. The summed E-state index contributed by atoms with van der Waals surface area (Å²) in [5, 5.41) is 3.28. The summed E-state index contributed by atoms with van der Waals surface area (Å²) >= 11 is 0. The van der Waals surface area contributed by atoms with E-state index in [-0.39, 0.29) is 0 Å². The van der Waals surface area contributed by atoms with E-state index in [1.54, 1.807) is 12.5 Å². The first kappa shape index (κ1) is 13.5.